The van der Waals surface area contributed by atoms with E-state index in [1.54, 1.807) is 19.1 Å². The predicted octanol–water partition coefficient (Wildman–Crippen LogP) is 0.851. The second kappa shape index (κ2) is 7.75. The molecule has 0 unspecified atom stereocenters. The van der Waals surface area contributed by atoms with Gasteiger partial charge in [0.1, 0.15) is 5.57 Å². The Morgan fingerprint density at radius 1 is 1.28 bits per heavy atom. The van der Waals surface area contributed by atoms with Crippen molar-refractivity contribution in [1.29, 1.82) is 0 Å². The van der Waals surface area contributed by atoms with Crippen molar-refractivity contribution in [3.8, 4) is 11.5 Å². The van der Waals surface area contributed by atoms with Gasteiger partial charge in [-0.1, -0.05) is 6.07 Å². The number of nitrogens with one attached hydrogen (secondary N) is 2. The summed E-state index contributed by atoms with van der Waals surface area (Å²) in [6.07, 6.45) is 0.318. The summed E-state index contributed by atoms with van der Waals surface area (Å²) in [5, 5.41) is 13.6. The molecule has 8 nitrogen and oxygen atoms in total. The number of hydrogen-bond donors (Lipinski definition) is 3. The third-order valence-electron chi connectivity index (χ3n) is 3.17. The minimum atomic E-state index is -1.11. The lowest BCUT2D eigenvalue weighted by molar-refractivity contribution is -0.144. The van der Waals surface area contributed by atoms with Crippen LogP contribution in [0.4, 0.5) is 0 Å². The molecule has 0 bridgehead atoms. The molecule has 1 aromatic rings. The fourth-order valence-corrected chi connectivity index (χ4v) is 2.18. The summed E-state index contributed by atoms with van der Waals surface area (Å²) in [7, 11) is 0. The van der Waals surface area contributed by atoms with E-state index in [0.29, 0.717) is 17.9 Å². The Hall–Kier alpha value is -2.94. The molecule has 0 saturated carbocycles. The van der Waals surface area contributed by atoms with Crippen molar-refractivity contribution in [1.82, 2.24) is 10.6 Å². The van der Waals surface area contributed by atoms with E-state index in [9.17, 15) is 14.4 Å². The summed E-state index contributed by atoms with van der Waals surface area (Å²) in [5.41, 5.74) is 0.399. The molecular formula is C16H16N2O6S. The highest BCUT2D eigenvalue weighted by atomic mass is 32.1. The normalized spacial score (nSPS) is 15.1. The minimum absolute atomic E-state index is 0.0476. The highest BCUT2D eigenvalue weighted by Crippen LogP contribution is 2.30. The van der Waals surface area contributed by atoms with Crippen LogP contribution in [0.3, 0.4) is 0 Å². The summed E-state index contributed by atoms with van der Waals surface area (Å²) in [4.78, 5) is 34.7. The first-order valence-corrected chi connectivity index (χ1v) is 7.77. The van der Waals surface area contributed by atoms with Gasteiger partial charge in [-0.25, -0.2) is 4.79 Å². The zero-order valence-electron chi connectivity index (χ0n) is 13.5. The first kappa shape index (κ1) is 18.4. The van der Waals surface area contributed by atoms with Crippen molar-refractivity contribution in [2.75, 3.05) is 6.61 Å². The van der Waals surface area contributed by atoms with Crippen LogP contribution in [0.2, 0.25) is 0 Å². The maximum absolute atomic E-state index is 11.9. The van der Waals surface area contributed by atoms with Crippen LogP contribution in [0.25, 0.3) is 6.08 Å². The second-order valence-corrected chi connectivity index (χ2v) is 5.44. The molecule has 1 atom stereocenters. The molecular weight excluding hydrogens is 348 g/mol. The first-order valence-electron chi connectivity index (χ1n) is 7.36. The number of benzene rings is 1. The van der Waals surface area contributed by atoms with Crippen molar-refractivity contribution in [2.24, 2.45) is 0 Å². The molecule has 1 aliphatic rings. The van der Waals surface area contributed by atoms with Crippen LogP contribution in [0.5, 0.6) is 11.5 Å². The molecule has 0 spiro atoms. The summed E-state index contributed by atoms with van der Waals surface area (Å²) >= 11 is 4.74. The summed E-state index contributed by atoms with van der Waals surface area (Å²) in [6.45, 7) is 3.49. The lowest BCUT2D eigenvalue weighted by atomic mass is 10.1. The molecule has 1 fully saturated rings. The van der Waals surface area contributed by atoms with Crippen molar-refractivity contribution in [2.45, 2.75) is 20.0 Å². The van der Waals surface area contributed by atoms with Gasteiger partial charge in [0.05, 0.1) is 6.61 Å². The van der Waals surface area contributed by atoms with Gasteiger partial charge in [-0.15, -0.1) is 0 Å². The zero-order chi connectivity index (χ0) is 18.6. The van der Waals surface area contributed by atoms with Crippen LogP contribution >= 0.6 is 12.2 Å². The van der Waals surface area contributed by atoms with Gasteiger partial charge in [0.15, 0.2) is 22.7 Å². The van der Waals surface area contributed by atoms with Gasteiger partial charge < -0.3 is 14.6 Å². The van der Waals surface area contributed by atoms with E-state index in [2.05, 4.69) is 10.6 Å². The molecule has 1 aliphatic heterocycles. The Balaban J connectivity index is 2.33. The van der Waals surface area contributed by atoms with E-state index < -0.39 is 23.9 Å². The average Bonchev–Trinajstić information content (AvgIpc) is 2.53. The van der Waals surface area contributed by atoms with Crippen LogP contribution in [-0.2, 0) is 14.4 Å². The monoisotopic (exact) mass is 364 g/mol. The number of carbonyl (C=O) groups excluding carboxylic acids is 2. The molecule has 0 aromatic heterocycles. The number of thiocarbonyl (C=S) groups is 1. The molecule has 0 radical (unpaired) electrons. The maximum Gasteiger partial charge on any atom is 0.344 e. The summed E-state index contributed by atoms with van der Waals surface area (Å²) < 4.78 is 10.8. The van der Waals surface area contributed by atoms with E-state index in [4.69, 9.17) is 26.8 Å². The van der Waals surface area contributed by atoms with Gasteiger partial charge in [-0.3, -0.25) is 20.2 Å². The molecule has 9 heteroatoms. The Morgan fingerprint density at radius 2 is 1.92 bits per heavy atom. The number of ether oxygens (including phenoxy) is 2. The smallest absolute Gasteiger partial charge is 0.344 e. The number of carboxylic acid groups (broad SMARTS) is 1. The Morgan fingerprint density at radius 3 is 2.48 bits per heavy atom. The highest BCUT2D eigenvalue weighted by Gasteiger charge is 2.25. The molecule has 2 rings (SSSR count). The van der Waals surface area contributed by atoms with Crippen LogP contribution in [0.1, 0.15) is 19.4 Å². The van der Waals surface area contributed by atoms with Crippen LogP contribution in [0.15, 0.2) is 23.8 Å². The molecule has 25 heavy (non-hydrogen) atoms. The van der Waals surface area contributed by atoms with Crippen molar-refractivity contribution >= 4 is 41.2 Å². The van der Waals surface area contributed by atoms with Gasteiger partial charge >= 0.3 is 5.97 Å². The third kappa shape index (κ3) is 4.54. The standard InChI is InChI=1S/C16H16N2O6S/c1-3-23-12-7-9(4-5-11(12)24-8(2)15(21)22)6-10-13(19)17-16(25)18-14(10)20/h4-8H,3H2,1-2H3,(H,21,22)(H2,17,18,19,20,25)/t8-/m1/s1. The summed E-state index contributed by atoms with van der Waals surface area (Å²) in [5.74, 6) is -1.77. The number of amides is 2. The third-order valence-corrected chi connectivity index (χ3v) is 3.38. The molecule has 0 aliphatic carbocycles. The van der Waals surface area contributed by atoms with Gasteiger partial charge in [0.25, 0.3) is 11.8 Å². The molecule has 1 saturated heterocycles. The quantitative estimate of drug-likeness (QED) is 0.389. The zero-order valence-corrected chi connectivity index (χ0v) is 14.3. The average molecular weight is 364 g/mol. The fraction of sp³-hybridized carbons (Fsp3) is 0.250. The molecule has 1 heterocycles. The number of rotatable bonds is 6. The number of aliphatic carboxylic acids is 1. The minimum Gasteiger partial charge on any atom is -0.490 e. The largest absolute Gasteiger partial charge is 0.490 e. The highest BCUT2D eigenvalue weighted by molar-refractivity contribution is 7.80. The van der Waals surface area contributed by atoms with E-state index in [0.717, 1.165) is 0 Å². The van der Waals surface area contributed by atoms with Crippen molar-refractivity contribution in [3.63, 3.8) is 0 Å². The Labute approximate surface area is 148 Å². The van der Waals surface area contributed by atoms with E-state index in [1.807, 2.05) is 0 Å². The lowest BCUT2D eigenvalue weighted by Gasteiger charge is -2.17. The molecule has 3 N–H and O–H groups in total. The topological polar surface area (TPSA) is 114 Å². The van der Waals surface area contributed by atoms with Crippen LogP contribution in [-0.4, -0.2) is 40.7 Å². The SMILES string of the molecule is CCOc1cc(C=C2C(=O)NC(=S)NC2=O)ccc1O[C@H](C)C(=O)O. The first-order chi connectivity index (χ1) is 11.8. The van der Waals surface area contributed by atoms with E-state index in [-0.39, 0.29) is 16.4 Å². The van der Waals surface area contributed by atoms with E-state index >= 15 is 0 Å². The molecule has 2 amide bonds. The maximum atomic E-state index is 11.9. The lowest BCUT2D eigenvalue weighted by Crippen LogP contribution is -2.51. The van der Waals surface area contributed by atoms with E-state index in [1.165, 1.54) is 19.1 Å². The van der Waals surface area contributed by atoms with Gasteiger partial charge in [-0.05, 0) is 49.8 Å². The summed E-state index contributed by atoms with van der Waals surface area (Å²) in [6, 6.07) is 4.64. The predicted molar refractivity (Wildman–Crippen MR) is 92.2 cm³/mol. The number of hydrogen-bond acceptors (Lipinski definition) is 6. The second-order valence-electron chi connectivity index (χ2n) is 5.03. The number of carboxylic acids is 1. The van der Waals surface area contributed by atoms with Crippen molar-refractivity contribution in [3.05, 3.63) is 29.3 Å². The Bertz CT molecular complexity index is 752. The van der Waals surface area contributed by atoms with Crippen molar-refractivity contribution < 1.29 is 29.0 Å². The fourth-order valence-electron chi connectivity index (χ4n) is 1.99. The Kier molecular flexibility index (Phi) is 5.71. The van der Waals surface area contributed by atoms with Gasteiger partial charge in [0, 0.05) is 0 Å². The van der Waals surface area contributed by atoms with Crippen LogP contribution < -0.4 is 20.1 Å². The molecule has 1 aromatic carbocycles. The molecule has 132 valence electrons. The van der Waals surface area contributed by atoms with Gasteiger partial charge in [-0.2, -0.15) is 0 Å². The van der Waals surface area contributed by atoms with Gasteiger partial charge in [0.2, 0.25) is 0 Å². The van der Waals surface area contributed by atoms with Crippen LogP contribution in [0, 0.1) is 0 Å². The number of carbonyl (C=O) groups is 3.